The van der Waals surface area contributed by atoms with Crippen molar-refractivity contribution in [3.05, 3.63) is 29.8 Å². The third-order valence-corrected chi connectivity index (χ3v) is 3.60. The van der Waals surface area contributed by atoms with Gasteiger partial charge in [-0.1, -0.05) is 19.1 Å². The number of anilines is 1. The molecule has 3 N–H and O–H groups in total. The lowest BCUT2D eigenvalue weighted by molar-refractivity contribution is -0.151. The predicted octanol–water partition coefficient (Wildman–Crippen LogP) is 2.02. The summed E-state index contributed by atoms with van der Waals surface area (Å²) in [6.07, 6.45) is 1.69. The summed E-state index contributed by atoms with van der Waals surface area (Å²) in [4.78, 5) is 11.4. The number of nitrogens with two attached hydrogens (primary N) is 1. The number of carboxylic acid groups (broad SMARTS) is 1. The van der Waals surface area contributed by atoms with Crippen molar-refractivity contribution in [1.29, 1.82) is 0 Å². The van der Waals surface area contributed by atoms with E-state index in [0.29, 0.717) is 12.1 Å². The Morgan fingerprint density at radius 3 is 2.73 bits per heavy atom. The first-order valence-corrected chi connectivity index (χ1v) is 5.17. The van der Waals surface area contributed by atoms with E-state index in [1.807, 2.05) is 19.1 Å². The molecule has 80 valence electrons. The van der Waals surface area contributed by atoms with E-state index in [-0.39, 0.29) is 5.92 Å². The van der Waals surface area contributed by atoms with Crippen LogP contribution in [0.4, 0.5) is 5.69 Å². The van der Waals surface area contributed by atoms with E-state index in [1.54, 1.807) is 12.1 Å². The molecule has 0 bridgehead atoms. The van der Waals surface area contributed by atoms with E-state index in [4.69, 9.17) is 5.73 Å². The normalized spacial score (nSPS) is 29.5. The van der Waals surface area contributed by atoms with E-state index in [2.05, 4.69) is 0 Å². The molecule has 0 amide bonds. The molecule has 1 aromatic carbocycles. The first-order valence-electron chi connectivity index (χ1n) is 5.17. The number of benzene rings is 1. The second-order valence-electron chi connectivity index (χ2n) is 4.34. The summed E-state index contributed by atoms with van der Waals surface area (Å²) in [6.45, 7) is 1.99. The van der Waals surface area contributed by atoms with Gasteiger partial charge in [0.25, 0.3) is 0 Å². The zero-order valence-corrected chi connectivity index (χ0v) is 8.73. The Bertz CT molecular complexity index is 402. The Balaban J connectivity index is 2.47. The van der Waals surface area contributed by atoms with Crippen molar-refractivity contribution >= 4 is 11.7 Å². The molecule has 3 nitrogen and oxygen atoms in total. The smallest absolute Gasteiger partial charge is 0.314 e. The van der Waals surface area contributed by atoms with Crippen LogP contribution in [0.3, 0.4) is 0 Å². The van der Waals surface area contributed by atoms with Crippen LogP contribution < -0.4 is 5.73 Å². The maximum absolute atomic E-state index is 11.4. The monoisotopic (exact) mass is 205 g/mol. The minimum atomic E-state index is -0.730. The zero-order valence-electron chi connectivity index (χ0n) is 8.73. The van der Waals surface area contributed by atoms with E-state index < -0.39 is 11.4 Å². The summed E-state index contributed by atoms with van der Waals surface area (Å²) in [6, 6.07) is 7.24. The largest absolute Gasteiger partial charge is 0.481 e. The molecule has 0 spiro atoms. The second kappa shape index (κ2) is 3.26. The van der Waals surface area contributed by atoms with E-state index in [9.17, 15) is 9.90 Å². The van der Waals surface area contributed by atoms with E-state index in [1.165, 1.54) is 0 Å². The molecular formula is C12H15NO2. The molecule has 0 radical (unpaired) electrons. The fraction of sp³-hybridized carbons (Fsp3) is 0.417. The molecule has 0 aromatic heterocycles. The summed E-state index contributed by atoms with van der Waals surface area (Å²) in [5.41, 5.74) is 6.46. The Morgan fingerprint density at radius 2 is 2.33 bits per heavy atom. The average Bonchev–Trinajstić information content (AvgIpc) is 2.16. The quantitative estimate of drug-likeness (QED) is 0.726. The summed E-state index contributed by atoms with van der Waals surface area (Å²) in [7, 11) is 0. The Labute approximate surface area is 88.9 Å². The lowest BCUT2D eigenvalue weighted by Crippen LogP contribution is -2.49. The third-order valence-electron chi connectivity index (χ3n) is 3.60. The SMILES string of the molecule is CC1CCC1(C(=O)O)c1cccc(N)c1. The number of hydrogen-bond donors (Lipinski definition) is 2. The van der Waals surface area contributed by atoms with Crippen molar-refractivity contribution in [3.63, 3.8) is 0 Å². The van der Waals surface area contributed by atoms with Crippen LogP contribution in [0.25, 0.3) is 0 Å². The molecule has 3 heteroatoms. The van der Waals surface area contributed by atoms with Crippen molar-refractivity contribution in [2.24, 2.45) is 5.92 Å². The van der Waals surface area contributed by atoms with Crippen molar-refractivity contribution < 1.29 is 9.90 Å². The molecule has 0 saturated heterocycles. The number of rotatable bonds is 2. The van der Waals surface area contributed by atoms with Gasteiger partial charge < -0.3 is 10.8 Å². The highest BCUT2D eigenvalue weighted by atomic mass is 16.4. The molecule has 0 aliphatic heterocycles. The van der Waals surface area contributed by atoms with Crippen molar-refractivity contribution in [2.45, 2.75) is 25.2 Å². The Hall–Kier alpha value is -1.51. The summed E-state index contributed by atoms with van der Waals surface area (Å²) < 4.78 is 0. The van der Waals surface area contributed by atoms with Crippen LogP contribution in [-0.4, -0.2) is 11.1 Å². The zero-order chi connectivity index (χ0) is 11.1. The molecule has 1 fully saturated rings. The maximum atomic E-state index is 11.4. The minimum absolute atomic E-state index is 0.191. The van der Waals surface area contributed by atoms with Gasteiger partial charge in [-0.2, -0.15) is 0 Å². The van der Waals surface area contributed by atoms with Gasteiger partial charge in [-0.05, 0) is 36.5 Å². The van der Waals surface area contributed by atoms with Crippen molar-refractivity contribution in [3.8, 4) is 0 Å². The highest BCUT2D eigenvalue weighted by molar-refractivity contribution is 5.83. The number of carboxylic acids is 1. The number of carbonyl (C=O) groups is 1. The van der Waals surface area contributed by atoms with Gasteiger partial charge in [0, 0.05) is 5.69 Å². The van der Waals surface area contributed by atoms with Gasteiger partial charge in [0.15, 0.2) is 0 Å². The molecule has 2 rings (SSSR count). The van der Waals surface area contributed by atoms with Crippen LogP contribution in [0.15, 0.2) is 24.3 Å². The number of hydrogen-bond acceptors (Lipinski definition) is 2. The third kappa shape index (κ3) is 1.30. The summed E-state index contributed by atoms with van der Waals surface area (Å²) in [5.74, 6) is -0.538. The van der Waals surface area contributed by atoms with Gasteiger partial charge in [-0.3, -0.25) is 4.79 Å². The van der Waals surface area contributed by atoms with Crippen LogP contribution in [0.2, 0.25) is 0 Å². The predicted molar refractivity (Wildman–Crippen MR) is 58.6 cm³/mol. The van der Waals surface area contributed by atoms with E-state index in [0.717, 1.165) is 12.0 Å². The minimum Gasteiger partial charge on any atom is -0.481 e. The molecule has 1 aliphatic carbocycles. The van der Waals surface area contributed by atoms with Crippen LogP contribution in [0, 0.1) is 5.92 Å². The summed E-state index contributed by atoms with van der Waals surface area (Å²) in [5, 5.41) is 9.36. The summed E-state index contributed by atoms with van der Waals surface area (Å²) >= 11 is 0. The van der Waals surface area contributed by atoms with Gasteiger partial charge in [0.1, 0.15) is 0 Å². The molecule has 2 atom stereocenters. The van der Waals surface area contributed by atoms with Gasteiger partial charge in [-0.15, -0.1) is 0 Å². The standard InChI is InChI=1S/C12H15NO2/c1-8-5-6-12(8,11(14)15)9-3-2-4-10(13)7-9/h2-4,7-8H,5-6,13H2,1H3,(H,14,15). The molecule has 15 heavy (non-hydrogen) atoms. The average molecular weight is 205 g/mol. The molecule has 1 aliphatic rings. The van der Waals surface area contributed by atoms with Crippen LogP contribution in [0.5, 0.6) is 0 Å². The van der Waals surface area contributed by atoms with Crippen LogP contribution in [-0.2, 0) is 10.2 Å². The molecule has 0 heterocycles. The highest BCUT2D eigenvalue weighted by Gasteiger charge is 2.51. The molecular weight excluding hydrogens is 190 g/mol. The van der Waals surface area contributed by atoms with Gasteiger partial charge in [0.05, 0.1) is 5.41 Å². The maximum Gasteiger partial charge on any atom is 0.314 e. The van der Waals surface area contributed by atoms with Gasteiger partial charge >= 0.3 is 5.97 Å². The molecule has 2 unspecified atom stereocenters. The van der Waals surface area contributed by atoms with E-state index >= 15 is 0 Å². The van der Waals surface area contributed by atoms with Crippen LogP contribution >= 0.6 is 0 Å². The fourth-order valence-corrected chi connectivity index (χ4v) is 2.41. The van der Waals surface area contributed by atoms with Crippen molar-refractivity contribution in [1.82, 2.24) is 0 Å². The Morgan fingerprint density at radius 1 is 1.60 bits per heavy atom. The number of nitrogen functional groups attached to an aromatic ring is 1. The first kappa shape index (κ1) is 10.0. The second-order valence-corrected chi connectivity index (χ2v) is 4.34. The van der Waals surface area contributed by atoms with Gasteiger partial charge in [-0.25, -0.2) is 0 Å². The lowest BCUT2D eigenvalue weighted by atomic mass is 9.57. The highest BCUT2D eigenvalue weighted by Crippen LogP contribution is 2.49. The topological polar surface area (TPSA) is 63.3 Å². The molecule has 1 aromatic rings. The van der Waals surface area contributed by atoms with Gasteiger partial charge in [0.2, 0.25) is 0 Å². The lowest BCUT2D eigenvalue weighted by Gasteiger charge is -2.44. The molecule has 1 saturated carbocycles. The number of aliphatic carboxylic acids is 1. The van der Waals surface area contributed by atoms with Crippen molar-refractivity contribution in [2.75, 3.05) is 5.73 Å². The Kier molecular flexibility index (Phi) is 2.18. The van der Waals surface area contributed by atoms with Crippen LogP contribution in [0.1, 0.15) is 25.3 Å². The first-order chi connectivity index (χ1) is 7.07. The fourth-order valence-electron chi connectivity index (χ4n) is 2.41.